The van der Waals surface area contributed by atoms with Gasteiger partial charge in [0.15, 0.2) is 5.41 Å². The average Bonchev–Trinajstić information content (AvgIpc) is 2.26. The van der Waals surface area contributed by atoms with E-state index in [2.05, 4.69) is 6.07 Å². The second-order valence-corrected chi connectivity index (χ2v) is 3.78. The molecule has 0 aromatic rings. The molecule has 0 aliphatic heterocycles. The number of ether oxygens (including phenoxy) is 1. The fraction of sp³-hybridized carbons (Fsp3) is 0.692. The number of carbonyl (C=O) groups is 1. The lowest BCUT2D eigenvalue weighted by Gasteiger charge is -2.24. The molecule has 1 atom stereocenters. The summed E-state index contributed by atoms with van der Waals surface area (Å²) in [6.07, 6.45) is 4.04. The minimum atomic E-state index is -1.08. The molecule has 0 amide bonds. The molecule has 3 heteroatoms. The van der Waals surface area contributed by atoms with Gasteiger partial charge in [-0.1, -0.05) is 26.3 Å². The first-order valence-electron chi connectivity index (χ1n) is 5.84. The van der Waals surface area contributed by atoms with Crippen LogP contribution in [0.2, 0.25) is 0 Å². The third-order valence-corrected chi connectivity index (χ3v) is 2.62. The maximum Gasteiger partial charge on any atom is 0.330 e. The maximum absolute atomic E-state index is 11.9. The number of hydrogen-bond donors (Lipinski definition) is 0. The summed E-state index contributed by atoms with van der Waals surface area (Å²) in [5.41, 5.74) is -0.279. The van der Waals surface area contributed by atoms with Crippen LogP contribution in [0.15, 0.2) is 11.6 Å². The second-order valence-electron chi connectivity index (χ2n) is 3.78. The Hall–Kier alpha value is -1.30. The van der Waals surface area contributed by atoms with E-state index in [1.807, 2.05) is 26.8 Å². The minimum Gasteiger partial charge on any atom is -0.465 e. The Morgan fingerprint density at radius 3 is 2.44 bits per heavy atom. The van der Waals surface area contributed by atoms with Crippen molar-refractivity contribution in [1.29, 1.82) is 5.26 Å². The van der Waals surface area contributed by atoms with E-state index in [4.69, 9.17) is 4.74 Å². The molecule has 3 nitrogen and oxygen atoms in total. The highest BCUT2D eigenvalue weighted by atomic mass is 16.5. The molecule has 0 rings (SSSR count). The Morgan fingerprint density at radius 2 is 2.06 bits per heavy atom. The third kappa shape index (κ3) is 3.10. The monoisotopic (exact) mass is 223 g/mol. The molecule has 16 heavy (non-hydrogen) atoms. The van der Waals surface area contributed by atoms with Crippen molar-refractivity contribution in [2.45, 2.75) is 47.0 Å². The number of nitriles is 1. The van der Waals surface area contributed by atoms with Gasteiger partial charge in [0.05, 0.1) is 12.7 Å². The van der Waals surface area contributed by atoms with Crippen molar-refractivity contribution in [3.05, 3.63) is 11.6 Å². The van der Waals surface area contributed by atoms with Gasteiger partial charge in [-0.2, -0.15) is 5.26 Å². The van der Waals surface area contributed by atoms with Gasteiger partial charge in [0.2, 0.25) is 0 Å². The average molecular weight is 223 g/mol. The van der Waals surface area contributed by atoms with E-state index in [1.54, 1.807) is 6.92 Å². The lowest BCUT2D eigenvalue weighted by atomic mass is 9.78. The Morgan fingerprint density at radius 1 is 1.44 bits per heavy atom. The summed E-state index contributed by atoms with van der Waals surface area (Å²) >= 11 is 0. The topological polar surface area (TPSA) is 50.1 Å². The molecular formula is C13H21NO2. The van der Waals surface area contributed by atoms with Crippen LogP contribution in [0.1, 0.15) is 47.0 Å². The number of nitrogens with zero attached hydrogens (tertiary/aromatic N) is 1. The van der Waals surface area contributed by atoms with Gasteiger partial charge in [0.1, 0.15) is 0 Å². The number of allylic oxidation sites excluding steroid dienone is 1. The Balaban J connectivity index is 5.24. The zero-order chi connectivity index (χ0) is 12.6. The zero-order valence-electron chi connectivity index (χ0n) is 10.7. The van der Waals surface area contributed by atoms with Gasteiger partial charge in [-0.05, 0) is 32.3 Å². The largest absolute Gasteiger partial charge is 0.465 e. The van der Waals surface area contributed by atoms with Crippen LogP contribution in [0.4, 0.5) is 0 Å². The molecule has 0 aliphatic carbocycles. The Labute approximate surface area is 98.1 Å². The lowest BCUT2D eigenvalue weighted by molar-refractivity contribution is -0.150. The molecule has 0 fully saturated rings. The van der Waals surface area contributed by atoms with Gasteiger partial charge in [0.25, 0.3) is 0 Å². The van der Waals surface area contributed by atoms with Gasteiger partial charge >= 0.3 is 5.97 Å². The van der Waals surface area contributed by atoms with Crippen LogP contribution in [-0.2, 0) is 9.53 Å². The first-order chi connectivity index (χ1) is 7.58. The fourth-order valence-corrected chi connectivity index (χ4v) is 1.76. The lowest BCUT2D eigenvalue weighted by Crippen LogP contribution is -2.33. The summed E-state index contributed by atoms with van der Waals surface area (Å²) in [5, 5.41) is 9.31. The molecule has 0 N–H and O–H groups in total. The van der Waals surface area contributed by atoms with E-state index in [0.717, 1.165) is 18.4 Å². The summed E-state index contributed by atoms with van der Waals surface area (Å²) in [6.45, 7) is 7.85. The number of rotatable bonds is 6. The van der Waals surface area contributed by atoms with Crippen LogP contribution in [0.3, 0.4) is 0 Å². The Kier molecular flexibility index (Phi) is 6.48. The van der Waals surface area contributed by atoms with E-state index in [9.17, 15) is 10.1 Å². The van der Waals surface area contributed by atoms with E-state index in [0.29, 0.717) is 13.0 Å². The van der Waals surface area contributed by atoms with Gasteiger partial charge in [0, 0.05) is 0 Å². The number of carbonyl (C=O) groups excluding carboxylic acids is 1. The molecule has 0 saturated heterocycles. The smallest absolute Gasteiger partial charge is 0.330 e. The van der Waals surface area contributed by atoms with Crippen molar-refractivity contribution in [3.8, 4) is 6.07 Å². The highest BCUT2D eigenvalue weighted by molar-refractivity contribution is 5.83. The Bertz CT molecular complexity index is 302. The van der Waals surface area contributed by atoms with E-state index < -0.39 is 11.4 Å². The van der Waals surface area contributed by atoms with Crippen LogP contribution in [0, 0.1) is 16.7 Å². The third-order valence-electron chi connectivity index (χ3n) is 2.62. The van der Waals surface area contributed by atoms with Crippen LogP contribution < -0.4 is 0 Å². The van der Waals surface area contributed by atoms with Crippen molar-refractivity contribution < 1.29 is 9.53 Å². The predicted molar refractivity (Wildman–Crippen MR) is 63.6 cm³/mol. The molecule has 0 heterocycles. The minimum absolute atomic E-state index is 0.311. The molecule has 0 aliphatic rings. The SMILES string of the molecule is CC/C=C(\C)C(C#N)(CCC)C(=O)OCC. The molecule has 0 spiro atoms. The van der Waals surface area contributed by atoms with Crippen molar-refractivity contribution in [1.82, 2.24) is 0 Å². The normalized spacial score (nSPS) is 15.1. The molecule has 0 aromatic heterocycles. The highest BCUT2D eigenvalue weighted by Crippen LogP contribution is 2.33. The summed E-state index contributed by atoms with van der Waals surface area (Å²) in [5.74, 6) is -0.415. The van der Waals surface area contributed by atoms with Crippen molar-refractivity contribution >= 4 is 5.97 Å². The van der Waals surface area contributed by atoms with E-state index in [1.165, 1.54) is 0 Å². The summed E-state index contributed by atoms with van der Waals surface area (Å²) < 4.78 is 5.02. The molecule has 90 valence electrons. The molecular weight excluding hydrogens is 202 g/mol. The van der Waals surface area contributed by atoms with Gasteiger partial charge in [-0.3, -0.25) is 0 Å². The fourth-order valence-electron chi connectivity index (χ4n) is 1.76. The molecule has 1 unspecified atom stereocenters. The van der Waals surface area contributed by atoms with Crippen molar-refractivity contribution in [2.24, 2.45) is 5.41 Å². The van der Waals surface area contributed by atoms with Crippen molar-refractivity contribution in [2.75, 3.05) is 6.61 Å². The van der Waals surface area contributed by atoms with E-state index in [-0.39, 0.29) is 0 Å². The van der Waals surface area contributed by atoms with Crippen LogP contribution in [-0.4, -0.2) is 12.6 Å². The predicted octanol–water partition coefficient (Wildman–Crippen LogP) is 3.22. The summed E-state index contributed by atoms with van der Waals surface area (Å²) in [4.78, 5) is 11.9. The molecule has 0 bridgehead atoms. The van der Waals surface area contributed by atoms with Gasteiger partial charge in [-0.15, -0.1) is 0 Å². The van der Waals surface area contributed by atoms with Crippen LogP contribution >= 0.6 is 0 Å². The first kappa shape index (κ1) is 14.7. The molecule has 0 aromatic carbocycles. The van der Waals surface area contributed by atoms with Crippen molar-refractivity contribution in [3.63, 3.8) is 0 Å². The van der Waals surface area contributed by atoms with Crippen LogP contribution in [0.5, 0.6) is 0 Å². The summed E-state index contributed by atoms with van der Waals surface area (Å²) in [7, 11) is 0. The zero-order valence-corrected chi connectivity index (χ0v) is 10.7. The number of esters is 1. The van der Waals surface area contributed by atoms with Gasteiger partial charge in [-0.25, -0.2) is 4.79 Å². The summed E-state index contributed by atoms with van der Waals surface area (Å²) in [6, 6.07) is 2.14. The maximum atomic E-state index is 11.9. The number of hydrogen-bond acceptors (Lipinski definition) is 3. The molecule has 0 radical (unpaired) electrons. The van der Waals surface area contributed by atoms with Gasteiger partial charge < -0.3 is 4.74 Å². The first-order valence-corrected chi connectivity index (χ1v) is 5.84. The molecule has 0 saturated carbocycles. The standard InChI is InChI=1S/C13H21NO2/c1-5-8-11(4)13(10-14,9-6-2)12(15)16-7-3/h8H,5-7,9H2,1-4H3/b11-8+. The second kappa shape index (κ2) is 7.05. The van der Waals surface area contributed by atoms with Crippen LogP contribution in [0.25, 0.3) is 0 Å². The quantitative estimate of drug-likeness (QED) is 0.513. The highest BCUT2D eigenvalue weighted by Gasteiger charge is 2.41. The van der Waals surface area contributed by atoms with E-state index >= 15 is 0 Å².